The highest BCUT2D eigenvalue weighted by molar-refractivity contribution is 6.07. The lowest BCUT2D eigenvalue weighted by molar-refractivity contribution is 0.0553. The third-order valence-electron chi connectivity index (χ3n) is 8.89. The van der Waals surface area contributed by atoms with E-state index in [0.717, 1.165) is 80.2 Å². The molecule has 2 saturated heterocycles. The maximum absolute atomic E-state index is 5.83. The second-order valence-electron chi connectivity index (χ2n) is 11.4. The minimum Gasteiger partial charge on any atom is -0.381 e. The van der Waals surface area contributed by atoms with E-state index < -0.39 is 0 Å². The number of fused-ring (bicyclic) bond motifs is 3. The fraction of sp³-hybridized carbons (Fsp3) is 0.406. The summed E-state index contributed by atoms with van der Waals surface area (Å²) in [6.07, 6.45) is 4.06. The summed E-state index contributed by atoms with van der Waals surface area (Å²) in [5.74, 6) is 0.464. The van der Waals surface area contributed by atoms with Crippen LogP contribution in [0, 0.1) is 12.8 Å². The summed E-state index contributed by atoms with van der Waals surface area (Å²) >= 11 is 0. The molecule has 5 aromatic rings. The molecule has 0 spiro atoms. The zero-order valence-corrected chi connectivity index (χ0v) is 23.6. The second kappa shape index (κ2) is 10.3. The summed E-state index contributed by atoms with van der Waals surface area (Å²) in [7, 11) is 4.16. The Labute approximate surface area is 235 Å². The van der Waals surface area contributed by atoms with E-state index in [1.165, 1.54) is 22.2 Å². The van der Waals surface area contributed by atoms with Gasteiger partial charge in [0.2, 0.25) is 0 Å². The maximum Gasteiger partial charge on any atom is 0.0960 e. The van der Waals surface area contributed by atoms with Crippen LogP contribution in [0.2, 0.25) is 0 Å². The summed E-state index contributed by atoms with van der Waals surface area (Å²) in [4.78, 5) is 10.0. The van der Waals surface area contributed by atoms with Crippen molar-refractivity contribution in [2.75, 3.05) is 51.3 Å². The molecule has 206 valence electrons. The van der Waals surface area contributed by atoms with Crippen molar-refractivity contribution in [3.8, 4) is 11.3 Å². The smallest absolute Gasteiger partial charge is 0.0960 e. The van der Waals surface area contributed by atoms with E-state index in [0.29, 0.717) is 5.92 Å². The van der Waals surface area contributed by atoms with Gasteiger partial charge in [-0.25, -0.2) is 4.68 Å². The topological polar surface area (TPSA) is 64.2 Å². The van der Waals surface area contributed by atoms with E-state index in [1.807, 2.05) is 24.9 Å². The van der Waals surface area contributed by atoms with Gasteiger partial charge in [0.05, 0.1) is 34.0 Å². The zero-order chi connectivity index (χ0) is 27.2. The van der Waals surface area contributed by atoms with Crippen molar-refractivity contribution in [3.63, 3.8) is 0 Å². The number of aryl methyl sites for hydroxylation is 2. The Hall–Kier alpha value is -3.75. The van der Waals surface area contributed by atoms with Gasteiger partial charge in [-0.1, -0.05) is 35.5 Å². The Bertz CT molecular complexity index is 1620. The van der Waals surface area contributed by atoms with Crippen molar-refractivity contribution >= 4 is 27.6 Å². The number of piperazine rings is 1. The summed E-state index contributed by atoms with van der Waals surface area (Å²) in [6.45, 7) is 7.87. The van der Waals surface area contributed by atoms with Gasteiger partial charge in [-0.3, -0.25) is 4.98 Å². The van der Waals surface area contributed by atoms with Crippen molar-refractivity contribution < 1.29 is 4.74 Å². The van der Waals surface area contributed by atoms with Crippen molar-refractivity contribution in [2.45, 2.75) is 25.8 Å². The highest BCUT2D eigenvalue weighted by atomic mass is 16.5. The largest absolute Gasteiger partial charge is 0.381 e. The molecule has 5 heterocycles. The van der Waals surface area contributed by atoms with Crippen LogP contribution in [-0.4, -0.2) is 75.9 Å². The normalized spacial score (nSPS) is 18.1. The first-order valence-corrected chi connectivity index (χ1v) is 14.4. The molecule has 3 aromatic heterocycles. The molecular formula is C32H37N7O. The van der Waals surface area contributed by atoms with Gasteiger partial charge in [-0.2, -0.15) is 0 Å². The molecule has 7 rings (SSSR count). The molecule has 8 nitrogen and oxygen atoms in total. The number of hydrogen-bond acceptors (Lipinski definition) is 6. The molecule has 0 aliphatic carbocycles. The van der Waals surface area contributed by atoms with Crippen LogP contribution in [-0.2, 0) is 11.8 Å². The quantitative estimate of drug-likeness (QED) is 0.314. The first-order valence-electron chi connectivity index (χ1n) is 14.4. The van der Waals surface area contributed by atoms with Crippen molar-refractivity contribution in [3.05, 3.63) is 72.1 Å². The Morgan fingerprint density at radius 3 is 2.40 bits per heavy atom. The molecule has 0 N–H and O–H groups in total. The third kappa shape index (κ3) is 4.35. The maximum atomic E-state index is 5.83. The Balaban J connectivity index is 1.49. The third-order valence-corrected chi connectivity index (χ3v) is 8.89. The van der Waals surface area contributed by atoms with Gasteiger partial charge in [0.15, 0.2) is 0 Å². The summed E-state index contributed by atoms with van der Waals surface area (Å²) < 4.78 is 10.3. The predicted octanol–water partition coefficient (Wildman–Crippen LogP) is 5.06. The van der Waals surface area contributed by atoms with Gasteiger partial charge >= 0.3 is 0 Å². The minimum atomic E-state index is 0.177. The number of benzene rings is 2. The van der Waals surface area contributed by atoms with Crippen LogP contribution < -0.4 is 4.90 Å². The Morgan fingerprint density at radius 2 is 1.68 bits per heavy atom. The minimum absolute atomic E-state index is 0.177. The van der Waals surface area contributed by atoms with Gasteiger partial charge < -0.3 is 19.1 Å². The Kier molecular flexibility index (Phi) is 6.52. The van der Waals surface area contributed by atoms with Gasteiger partial charge in [0, 0.05) is 69.3 Å². The lowest BCUT2D eigenvalue weighted by atomic mass is 9.86. The first kappa shape index (κ1) is 25.2. The van der Waals surface area contributed by atoms with Crippen LogP contribution in [0.1, 0.15) is 30.1 Å². The second-order valence-corrected chi connectivity index (χ2v) is 11.4. The summed E-state index contributed by atoms with van der Waals surface area (Å²) in [6, 6.07) is 20.5. The highest BCUT2D eigenvalue weighted by Gasteiger charge is 2.31. The number of anilines is 1. The fourth-order valence-corrected chi connectivity index (χ4v) is 6.75. The lowest BCUT2D eigenvalue weighted by Crippen LogP contribution is -2.44. The molecule has 2 aliphatic rings. The molecular weight excluding hydrogens is 498 g/mol. The predicted molar refractivity (Wildman–Crippen MR) is 160 cm³/mol. The van der Waals surface area contributed by atoms with Gasteiger partial charge in [-0.15, -0.1) is 5.10 Å². The van der Waals surface area contributed by atoms with Crippen LogP contribution in [0.4, 0.5) is 5.69 Å². The van der Waals surface area contributed by atoms with E-state index in [9.17, 15) is 0 Å². The van der Waals surface area contributed by atoms with E-state index in [-0.39, 0.29) is 6.04 Å². The summed E-state index contributed by atoms with van der Waals surface area (Å²) in [5, 5.41) is 9.79. The van der Waals surface area contributed by atoms with Crippen molar-refractivity contribution in [1.29, 1.82) is 0 Å². The molecule has 2 aliphatic heterocycles. The van der Waals surface area contributed by atoms with Gasteiger partial charge in [0.1, 0.15) is 0 Å². The molecule has 0 bridgehead atoms. The molecule has 40 heavy (non-hydrogen) atoms. The van der Waals surface area contributed by atoms with Crippen LogP contribution >= 0.6 is 0 Å². The number of likely N-dealkylation sites (N-methyl/N-ethyl adjacent to an activating group) is 1. The molecule has 1 atom stereocenters. The van der Waals surface area contributed by atoms with Crippen molar-refractivity contribution in [1.82, 2.24) is 29.4 Å². The number of ether oxygens (including phenoxy) is 1. The van der Waals surface area contributed by atoms with Crippen LogP contribution in [0.15, 0.2) is 60.8 Å². The van der Waals surface area contributed by atoms with Gasteiger partial charge in [0.25, 0.3) is 0 Å². The number of rotatable bonds is 5. The zero-order valence-electron chi connectivity index (χ0n) is 23.6. The van der Waals surface area contributed by atoms with Crippen LogP contribution in [0.25, 0.3) is 33.2 Å². The average Bonchev–Trinajstić information content (AvgIpc) is 3.50. The summed E-state index contributed by atoms with van der Waals surface area (Å²) in [5.41, 5.74) is 9.03. The number of hydrogen-bond donors (Lipinski definition) is 0. The van der Waals surface area contributed by atoms with E-state index in [1.54, 1.807) is 0 Å². The van der Waals surface area contributed by atoms with Gasteiger partial charge in [-0.05, 0) is 62.6 Å². The lowest BCUT2D eigenvalue weighted by Gasteiger charge is -2.35. The fourth-order valence-electron chi connectivity index (χ4n) is 6.75. The highest BCUT2D eigenvalue weighted by Crippen LogP contribution is 2.42. The molecule has 0 unspecified atom stereocenters. The average molecular weight is 536 g/mol. The molecule has 0 radical (unpaired) electrons. The monoisotopic (exact) mass is 535 g/mol. The number of nitrogens with zero attached hydrogens (tertiary/aromatic N) is 7. The standard InChI is InChI=1S/C32H37N7O/c1-22-31(37(3)35-34-22)25-19-29-30(33-21-25)27-10-9-26(38-15-13-36(2)14-16-38)20-28(27)39(29)32(23-7-5-4-6-8-23)24-11-17-40-18-12-24/h4-10,19-21,24,32H,11-18H2,1-3H3/t32-/m1/s1. The Morgan fingerprint density at radius 1 is 0.900 bits per heavy atom. The number of aromatic nitrogens is 5. The molecule has 2 fully saturated rings. The van der Waals surface area contributed by atoms with Crippen LogP contribution in [0.3, 0.4) is 0 Å². The number of pyridine rings is 1. The van der Waals surface area contributed by atoms with Crippen LogP contribution in [0.5, 0.6) is 0 Å². The molecule has 8 heteroatoms. The molecule has 0 saturated carbocycles. The van der Waals surface area contributed by atoms with E-state index in [2.05, 4.69) is 86.3 Å². The van der Waals surface area contributed by atoms with E-state index >= 15 is 0 Å². The van der Waals surface area contributed by atoms with Crippen molar-refractivity contribution in [2.24, 2.45) is 13.0 Å². The molecule has 2 aromatic carbocycles. The first-order chi connectivity index (χ1) is 19.6. The van der Waals surface area contributed by atoms with E-state index in [4.69, 9.17) is 9.72 Å². The SMILES string of the molecule is Cc1nnn(C)c1-c1cnc2c3ccc(N4CCN(C)CC4)cc3n([C@H](c3ccccc3)C3CCOCC3)c2c1. The molecule has 0 amide bonds.